The molecule has 0 saturated heterocycles. The number of aliphatic hydroxyl groups excluding tert-OH is 1. The molecule has 1 aliphatic heterocycles. The van der Waals surface area contributed by atoms with Crippen LogP contribution in [0.2, 0.25) is 0 Å². The maximum atomic E-state index is 12.0. The van der Waals surface area contributed by atoms with Crippen molar-refractivity contribution in [3.8, 4) is 11.4 Å². The van der Waals surface area contributed by atoms with Gasteiger partial charge in [-0.15, -0.1) is 10.2 Å². The Morgan fingerprint density at radius 3 is 3.04 bits per heavy atom. The van der Waals surface area contributed by atoms with Crippen molar-refractivity contribution in [2.24, 2.45) is 5.92 Å². The Kier molecular flexibility index (Phi) is 5.33. The van der Waals surface area contributed by atoms with E-state index in [-0.39, 0.29) is 18.5 Å². The monoisotopic (exact) mass is 343 g/mol. The van der Waals surface area contributed by atoms with Crippen LogP contribution in [0.25, 0.3) is 11.4 Å². The Morgan fingerprint density at radius 1 is 1.40 bits per heavy atom. The molecule has 1 aromatic carbocycles. The van der Waals surface area contributed by atoms with E-state index in [1.807, 2.05) is 38.1 Å². The van der Waals surface area contributed by atoms with Gasteiger partial charge in [-0.3, -0.25) is 0 Å². The lowest BCUT2D eigenvalue weighted by Gasteiger charge is -2.17. The highest BCUT2D eigenvalue weighted by Crippen LogP contribution is 2.25. The van der Waals surface area contributed by atoms with Crippen molar-refractivity contribution in [1.29, 1.82) is 0 Å². The normalized spacial score (nSPS) is 15.5. The number of aliphatic hydroxyl groups is 1. The fraction of sp³-hybridized carbons (Fsp3) is 0.500. The topological polar surface area (TPSA) is 92.1 Å². The summed E-state index contributed by atoms with van der Waals surface area (Å²) in [5.74, 6) is 2.01. The molecule has 2 aromatic rings. The van der Waals surface area contributed by atoms with E-state index in [9.17, 15) is 9.90 Å². The van der Waals surface area contributed by atoms with Crippen LogP contribution in [0.15, 0.2) is 24.3 Å². The van der Waals surface area contributed by atoms with Crippen molar-refractivity contribution in [3.05, 3.63) is 30.1 Å². The molecule has 3 rings (SSSR count). The second-order valence-electron chi connectivity index (χ2n) is 6.56. The van der Waals surface area contributed by atoms with Crippen LogP contribution in [0.5, 0.6) is 0 Å². The quantitative estimate of drug-likeness (QED) is 0.751. The average Bonchev–Trinajstić information content (AvgIpc) is 3.22. The van der Waals surface area contributed by atoms with Crippen molar-refractivity contribution in [2.75, 3.05) is 11.9 Å². The number of aromatic nitrogens is 3. The zero-order chi connectivity index (χ0) is 17.8. The number of carbonyl (C=O) groups is 1. The van der Waals surface area contributed by atoms with Gasteiger partial charge in [-0.05, 0) is 24.5 Å². The van der Waals surface area contributed by atoms with E-state index in [1.54, 1.807) is 0 Å². The summed E-state index contributed by atoms with van der Waals surface area (Å²) in [6, 6.07) is 7.24. The van der Waals surface area contributed by atoms with E-state index in [4.69, 9.17) is 0 Å². The van der Waals surface area contributed by atoms with Crippen LogP contribution in [0.4, 0.5) is 10.5 Å². The standard InChI is InChI=1S/C18H25N5O2/c1-3-12(2)15(24)11-19-18(25)20-14-7-4-6-13(10-14)17-22-21-16-8-5-9-23(16)17/h4,6-7,10,12,15,24H,3,5,8-9,11H2,1-2H3,(H2,19,20,25). The first kappa shape index (κ1) is 17.4. The molecule has 25 heavy (non-hydrogen) atoms. The van der Waals surface area contributed by atoms with Crippen LogP contribution in [0, 0.1) is 5.92 Å². The van der Waals surface area contributed by atoms with E-state index in [2.05, 4.69) is 25.4 Å². The first-order valence-electron chi connectivity index (χ1n) is 8.84. The molecule has 2 atom stereocenters. The summed E-state index contributed by atoms with van der Waals surface area (Å²) in [6.07, 6.45) is 2.39. The number of rotatable bonds is 6. The van der Waals surface area contributed by atoms with E-state index in [1.165, 1.54) is 0 Å². The highest BCUT2D eigenvalue weighted by molar-refractivity contribution is 5.89. The van der Waals surface area contributed by atoms with E-state index < -0.39 is 6.10 Å². The van der Waals surface area contributed by atoms with Crippen molar-refractivity contribution in [2.45, 2.75) is 45.8 Å². The summed E-state index contributed by atoms with van der Waals surface area (Å²) in [7, 11) is 0. The number of hydrogen-bond acceptors (Lipinski definition) is 4. The molecule has 0 fully saturated rings. The van der Waals surface area contributed by atoms with Gasteiger partial charge < -0.3 is 20.3 Å². The summed E-state index contributed by atoms with van der Waals surface area (Å²) >= 11 is 0. The van der Waals surface area contributed by atoms with Gasteiger partial charge in [0.1, 0.15) is 5.82 Å². The van der Waals surface area contributed by atoms with Crippen LogP contribution >= 0.6 is 0 Å². The van der Waals surface area contributed by atoms with Crippen LogP contribution < -0.4 is 10.6 Å². The number of aryl methyl sites for hydroxylation is 1. The summed E-state index contributed by atoms with van der Waals surface area (Å²) in [5.41, 5.74) is 1.61. The fourth-order valence-electron chi connectivity index (χ4n) is 2.95. The maximum Gasteiger partial charge on any atom is 0.319 e. The largest absolute Gasteiger partial charge is 0.391 e. The van der Waals surface area contributed by atoms with Gasteiger partial charge in [0.25, 0.3) is 0 Å². The maximum absolute atomic E-state index is 12.0. The predicted molar refractivity (Wildman–Crippen MR) is 96.3 cm³/mol. The van der Waals surface area contributed by atoms with E-state index >= 15 is 0 Å². The Hall–Kier alpha value is -2.41. The third kappa shape index (κ3) is 3.99. The molecule has 1 aromatic heterocycles. The number of fused-ring (bicyclic) bond motifs is 1. The number of urea groups is 1. The lowest BCUT2D eigenvalue weighted by atomic mass is 10.0. The van der Waals surface area contributed by atoms with Gasteiger partial charge in [0.05, 0.1) is 6.10 Å². The van der Waals surface area contributed by atoms with Crippen LogP contribution in [-0.2, 0) is 13.0 Å². The minimum Gasteiger partial charge on any atom is -0.391 e. The van der Waals surface area contributed by atoms with Crippen molar-refractivity contribution in [1.82, 2.24) is 20.1 Å². The zero-order valence-corrected chi connectivity index (χ0v) is 14.7. The summed E-state index contributed by atoms with van der Waals surface area (Å²) < 4.78 is 2.13. The molecule has 2 amide bonds. The third-order valence-electron chi connectivity index (χ3n) is 4.76. The number of amides is 2. The Morgan fingerprint density at radius 2 is 2.24 bits per heavy atom. The minimum atomic E-state index is -0.541. The van der Waals surface area contributed by atoms with E-state index in [0.717, 1.165) is 43.0 Å². The molecule has 0 radical (unpaired) electrons. The summed E-state index contributed by atoms with van der Waals surface area (Å²) in [4.78, 5) is 12.0. The van der Waals surface area contributed by atoms with E-state index in [0.29, 0.717) is 5.69 Å². The molecule has 2 heterocycles. The number of hydrogen-bond donors (Lipinski definition) is 3. The zero-order valence-electron chi connectivity index (χ0n) is 14.7. The molecule has 0 spiro atoms. The van der Waals surface area contributed by atoms with Crippen molar-refractivity contribution < 1.29 is 9.90 Å². The number of benzene rings is 1. The number of carbonyl (C=O) groups excluding carboxylic acids is 1. The van der Waals surface area contributed by atoms with Gasteiger partial charge in [-0.25, -0.2) is 4.79 Å². The van der Waals surface area contributed by atoms with Gasteiger partial charge in [-0.1, -0.05) is 32.4 Å². The molecule has 134 valence electrons. The van der Waals surface area contributed by atoms with Crippen molar-refractivity contribution in [3.63, 3.8) is 0 Å². The number of nitrogens with zero attached hydrogens (tertiary/aromatic N) is 3. The number of nitrogens with one attached hydrogen (secondary N) is 2. The van der Waals surface area contributed by atoms with Gasteiger partial charge in [0.2, 0.25) is 0 Å². The molecular formula is C18H25N5O2. The molecule has 7 heteroatoms. The Bertz CT molecular complexity index is 743. The highest BCUT2D eigenvalue weighted by Gasteiger charge is 2.18. The van der Waals surface area contributed by atoms with Gasteiger partial charge in [0.15, 0.2) is 5.82 Å². The lowest BCUT2D eigenvalue weighted by molar-refractivity contribution is 0.115. The molecule has 2 unspecified atom stereocenters. The second-order valence-corrected chi connectivity index (χ2v) is 6.56. The molecule has 1 aliphatic rings. The Labute approximate surface area is 147 Å². The summed E-state index contributed by atoms with van der Waals surface area (Å²) in [6.45, 7) is 5.15. The lowest BCUT2D eigenvalue weighted by Crippen LogP contribution is -2.37. The SMILES string of the molecule is CCC(C)C(O)CNC(=O)Nc1cccc(-c2nnc3n2CCC3)c1. The second kappa shape index (κ2) is 7.65. The first-order chi connectivity index (χ1) is 12.1. The third-order valence-corrected chi connectivity index (χ3v) is 4.76. The predicted octanol–water partition coefficient (Wildman–Crippen LogP) is 2.42. The van der Waals surface area contributed by atoms with Crippen LogP contribution in [0.3, 0.4) is 0 Å². The molecule has 0 aliphatic carbocycles. The van der Waals surface area contributed by atoms with Crippen LogP contribution in [0.1, 0.15) is 32.5 Å². The first-order valence-corrected chi connectivity index (χ1v) is 8.84. The van der Waals surface area contributed by atoms with Crippen molar-refractivity contribution >= 4 is 11.7 Å². The molecule has 7 nitrogen and oxygen atoms in total. The van der Waals surface area contributed by atoms with Gasteiger partial charge >= 0.3 is 6.03 Å². The fourth-order valence-corrected chi connectivity index (χ4v) is 2.95. The molecular weight excluding hydrogens is 318 g/mol. The highest BCUT2D eigenvalue weighted by atomic mass is 16.3. The van der Waals surface area contributed by atoms with Crippen LogP contribution in [-0.4, -0.2) is 38.6 Å². The molecule has 3 N–H and O–H groups in total. The minimum absolute atomic E-state index is 0.152. The number of anilines is 1. The molecule has 0 bridgehead atoms. The average molecular weight is 343 g/mol. The smallest absolute Gasteiger partial charge is 0.319 e. The van der Waals surface area contributed by atoms with Gasteiger partial charge in [0, 0.05) is 30.8 Å². The van der Waals surface area contributed by atoms with Gasteiger partial charge in [-0.2, -0.15) is 0 Å². The summed E-state index contributed by atoms with van der Waals surface area (Å²) in [5, 5.41) is 23.9. The molecule has 0 saturated carbocycles. The Balaban J connectivity index is 1.63.